The molecule has 1 rings (SSSR count). The molecule has 1 aromatic rings. The molecule has 0 aliphatic rings. The summed E-state index contributed by atoms with van der Waals surface area (Å²) in [6, 6.07) is 9.33. The van der Waals surface area contributed by atoms with Crippen LogP contribution in [0.1, 0.15) is 25.3 Å². The maximum absolute atomic E-state index is 11.6. The minimum atomic E-state index is -0.476. The molecule has 0 aromatic heterocycles. The lowest BCUT2D eigenvalue weighted by Gasteiger charge is -2.18. The molecule has 0 aliphatic carbocycles. The molecule has 0 saturated carbocycles. The Kier molecular flexibility index (Phi) is 6.68. The molecular weight excluding hydrogens is 242 g/mol. The second-order valence-corrected chi connectivity index (χ2v) is 4.51. The van der Waals surface area contributed by atoms with E-state index in [2.05, 4.69) is 11.9 Å². The summed E-state index contributed by atoms with van der Waals surface area (Å²) in [5, 5.41) is 12.1. The number of benzene rings is 1. The first-order valence-corrected chi connectivity index (χ1v) is 6.38. The molecule has 0 saturated heterocycles. The Labute approximate surface area is 114 Å². The first kappa shape index (κ1) is 15.2. The van der Waals surface area contributed by atoms with Gasteiger partial charge in [-0.3, -0.25) is 0 Å². The highest BCUT2D eigenvalue weighted by molar-refractivity contribution is 5.67. The van der Waals surface area contributed by atoms with Crippen molar-refractivity contribution < 1.29 is 14.6 Å². The quantitative estimate of drug-likeness (QED) is 0.743. The van der Waals surface area contributed by atoms with Crippen molar-refractivity contribution in [1.29, 1.82) is 0 Å². The topological polar surface area (TPSA) is 58.6 Å². The summed E-state index contributed by atoms with van der Waals surface area (Å²) < 4.78 is 5.12. The van der Waals surface area contributed by atoms with Crippen LogP contribution in [0.5, 0.6) is 0 Å². The normalized spacial score (nSPS) is 13.4. The molecule has 0 heterocycles. The Morgan fingerprint density at radius 2 is 2.16 bits per heavy atom. The van der Waals surface area contributed by atoms with Crippen molar-refractivity contribution in [2.24, 2.45) is 0 Å². The minimum Gasteiger partial charge on any atom is -0.445 e. The van der Waals surface area contributed by atoms with Gasteiger partial charge in [-0.25, -0.2) is 4.79 Å². The predicted octanol–water partition coefficient (Wildman–Crippen LogP) is 2.63. The van der Waals surface area contributed by atoms with Crippen molar-refractivity contribution in [3.63, 3.8) is 0 Å². The fraction of sp³-hybridized carbons (Fsp3) is 0.400. The molecule has 4 heteroatoms. The van der Waals surface area contributed by atoms with Crippen molar-refractivity contribution in [1.82, 2.24) is 5.32 Å². The van der Waals surface area contributed by atoms with Crippen LogP contribution in [0, 0.1) is 0 Å². The SMILES string of the molecule is C=CC[C@H](CC(C)O)NC(=O)OCc1ccccc1. The Bertz CT molecular complexity index is 390. The fourth-order valence-electron chi connectivity index (χ4n) is 1.76. The molecule has 2 atom stereocenters. The molecule has 0 spiro atoms. The van der Waals surface area contributed by atoms with E-state index in [1.165, 1.54) is 0 Å². The second-order valence-electron chi connectivity index (χ2n) is 4.51. The van der Waals surface area contributed by atoms with Gasteiger partial charge in [0.15, 0.2) is 0 Å². The number of aliphatic hydroxyl groups is 1. The molecule has 1 aromatic carbocycles. The summed E-state index contributed by atoms with van der Waals surface area (Å²) in [6.07, 6.45) is 1.85. The molecule has 1 unspecified atom stereocenters. The van der Waals surface area contributed by atoms with E-state index in [-0.39, 0.29) is 12.6 Å². The van der Waals surface area contributed by atoms with Crippen molar-refractivity contribution in [2.45, 2.75) is 38.5 Å². The lowest BCUT2D eigenvalue weighted by atomic mass is 10.1. The first-order valence-electron chi connectivity index (χ1n) is 6.38. The smallest absolute Gasteiger partial charge is 0.407 e. The van der Waals surface area contributed by atoms with Crippen LogP contribution in [0.4, 0.5) is 4.79 Å². The third kappa shape index (κ3) is 6.62. The lowest BCUT2D eigenvalue weighted by molar-refractivity contribution is 0.127. The maximum Gasteiger partial charge on any atom is 0.407 e. The molecule has 0 fully saturated rings. The molecule has 0 radical (unpaired) electrons. The van der Waals surface area contributed by atoms with E-state index in [1.54, 1.807) is 13.0 Å². The number of rotatable bonds is 7. The van der Waals surface area contributed by atoms with Gasteiger partial charge in [0.05, 0.1) is 6.10 Å². The number of amides is 1. The van der Waals surface area contributed by atoms with Gasteiger partial charge >= 0.3 is 6.09 Å². The van der Waals surface area contributed by atoms with E-state index in [9.17, 15) is 9.90 Å². The predicted molar refractivity (Wildman–Crippen MR) is 74.7 cm³/mol. The standard InChI is InChI=1S/C15H21NO3/c1-3-7-14(10-12(2)17)16-15(18)19-11-13-8-5-4-6-9-13/h3-6,8-9,12,14,17H,1,7,10-11H2,2H3,(H,16,18)/t12?,14-/m1/s1. The summed E-state index contributed by atoms with van der Waals surface area (Å²) in [6.45, 7) is 5.56. The van der Waals surface area contributed by atoms with Crippen LogP contribution in [0.3, 0.4) is 0 Å². The zero-order valence-electron chi connectivity index (χ0n) is 11.2. The zero-order chi connectivity index (χ0) is 14.1. The number of nitrogens with one attached hydrogen (secondary N) is 1. The van der Waals surface area contributed by atoms with Gasteiger partial charge in [-0.1, -0.05) is 36.4 Å². The molecule has 0 bridgehead atoms. The molecule has 2 N–H and O–H groups in total. The summed E-state index contributed by atoms with van der Waals surface area (Å²) in [5.41, 5.74) is 0.938. The number of hydrogen-bond acceptors (Lipinski definition) is 3. The number of alkyl carbamates (subject to hydrolysis) is 1. The van der Waals surface area contributed by atoms with E-state index in [0.29, 0.717) is 12.8 Å². The van der Waals surface area contributed by atoms with E-state index >= 15 is 0 Å². The highest BCUT2D eigenvalue weighted by atomic mass is 16.5. The largest absolute Gasteiger partial charge is 0.445 e. The molecule has 4 nitrogen and oxygen atoms in total. The monoisotopic (exact) mass is 263 g/mol. The van der Waals surface area contributed by atoms with Crippen LogP contribution in [-0.4, -0.2) is 23.3 Å². The summed E-state index contributed by atoms with van der Waals surface area (Å²) in [7, 11) is 0. The van der Waals surface area contributed by atoms with Gasteiger partial charge in [0, 0.05) is 6.04 Å². The lowest BCUT2D eigenvalue weighted by Crippen LogP contribution is -2.36. The van der Waals surface area contributed by atoms with Crippen LogP contribution in [-0.2, 0) is 11.3 Å². The first-order chi connectivity index (χ1) is 9.11. The minimum absolute atomic E-state index is 0.152. The van der Waals surface area contributed by atoms with Gasteiger partial charge in [-0.2, -0.15) is 0 Å². The molecular formula is C15H21NO3. The van der Waals surface area contributed by atoms with Gasteiger partial charge in [0.25, 0.3) is 0 Å². The van der Waals surface area contributed by atoms with Gasteiger partial charge in [0.1, 0.15) is 6.61 Å². The Morgan fingerprint density at radius 1 is 1.47 bits per heavy atom. The van der Waals surface area contributed by atoms with Crippen LogP contribution in [0.15, 0.2) is 43.0 Å². The molecule has 104 valence electrons. The summed E-state index contributed by atoms with van der Waals surface area (Å²) in [4.78, 5) is 11.6. The highest BCUT2D eigenvalue weighted by Gasteiger charge is 2.14. The average molecular weight is 263 g/mol. The van der Waals surface area contributed by atoms with E-state index < -0.39 is 12.2 Å². The van der Waals surface area contributed by atoms with Crippen LogP contribution in [0.2, 0.25) is 0 Å². The van der Waals surface area contributed by atoms with Crippen LogP contribution < -0.4 is 5.32 Å². The van der Waals surface area contributed by atoms with Gasteiger partial charge < -0.3 is 15.2 Å². The number of aliphatic hydroxyl groups excluding tert-OH is 1. The average Bonchev–Trinajstić information content (AvgIpc) is 2.37. The highest BCUT2D eigenvalue weighted by Crippen LogP contribution is 2.05. The number of carbonyl (C=O) groups excluding carboxylic acids is 1. The van der Waals surface area contributed by atoms with Gasteiger partial charge in [0.2, 0.25) is 0 Å². The van der Waals surface area contributed by atoms with Crippen molar-refractivity contribution in [3.8, 4) is 0 Å². The van der Waals surface area contributed by atoms with Crippen LogP contribution in [0.25, 0.3) is 0 Å². The summed E-state index contributed by atoms with van der Waals surface area (Å²) in [5.74, 6) is 0. The molecule has 1 amide bonds. The van der Waals surface area contributed by atoms with E-state index in [0.717, 1.165) is 5.56 Å². The number of hydrogen-bond donors (Lipinski definition) is 2. The summed E-state index contributed by atoms with van der Waals surface area (Å²) >= 11 is 0. The van der Waals surface area contributed by atoms with Gasteiger partial charge in [-0.05, 0) is 25.3 Å². The Hall–Kier alpha value is -1.81. The van der Waals surface area contributed by atoms with Gasteiger partial charge in [-0.15, -0.1) is 6.58 Å². The van der Waals surface area contributed by atoms with Crippen LogP contribution >= 0.6 is 0 Å². The molecule has 19 heavy (non-hydrogen) atoms. The third-order valence-corrected chi connectivity index (χ3v) is 2.61. The fourth-order valence-corrected chi connectivity index (χ4v) is 1.76. The van der Waals surface area contributed by atoms with Crippen molar-refractivity contribution >= 4 is 6.09 Å². The Balaban J connectivity index is 2.37. The third-order valence-electron chi connectivity index (χ3n) is 2.61. The van der Waals surface area contributed by atoms with E-state index in [4.69, 9.17) is 4.74 Å². The Morgan fingerprint density at radius 3 is 2.74 bits per heavy atom. The van der Waals surface area contributed by atoms with Crippen molar-refractivity contribution in [2.75, 3.05) is 0 Å². The van der Waals surface area contributed by atoms with Crippen molar-refractivity contribution in [3.05, 3.63) is 48.6 Å². The molecule has 0 aliphatic heterocycles. The maximum atomic E-state index is 11.6. The number of carbonyl (C=O) groups is 1. The second kappa shape index (κ2) is 8.32. The number of ether oxygens (including phenoxy) is 1. The zero-order valence-corrected chi connectivity index (χ0v) is 11.2. The van der Waals surface area contributed by atoms with E-state index in [1.807, 2.05) is 30.3 Å².